The molecule has 21 heavy (non-hydrogen) atoms. The minimum atomic E-state index is -0.724. The number of carbonyl (C=O) groups excluding carboxylic acids is 3. The molecule has 0 fully saturated rings. The lowest BCUT2D eigenvalue weighted by atomic mass is 10.1. The molecule has 0 N–H and O–H groups in total. The van der Waals surface area contributed by atoms with Crippen molar-refractivity contribution < 1.29 is 23.9 Å². The fourth-order valence-corrected chi connectivity index (χ4v) is 2.09. The zero-order valence-corrected chi connectivity index (χ0v) is 11.7. The largest absolute Gasteiger partial charge is 0.462 e. The van der Waals surface area contributed by atoms with Gasteiger partial charge in [-0.25, -0.2) is 14.4 Å². The van der Waals surface area contributed by atoms with Crippen molar-refractivity contribution in [1.29, 1.82) is 0 Å². The quantitative estimate of drug-likeness (QED) is 0.438. The molecule has 0 saturated heterocycles. The average molecular weight is 289 g/mol. The Bertz CT molecular complexity index is 562. The summed E-state index contributed by atoms with van der Waals surface area (Å²) in [6.45, 7) is 4.11. The summed E-state index contributed by atoms with van der Waals surface area (Å²) in [4.78, 5) is 34.6. The number of esters is 3. The molecule has 1 heterocycles. The van der Waals surface area contributed by atoms with Crippen molar-refractivity contribution in [2.45, 2.75) is 32.1 Å². The number of hydrogen-bond donors (Lipinski definition) is 0. The van der Waals surface area contributed by atoms with Gasteiger partial charge in [-0.1, -0.05) is 32.6 Å². The van der Waals surface area contributed by atoms with E-state index in [-0.39, 0.29) is 16.7 Å². The van der Waals surface area contributed by atoms with Crippen LogP contribution < -0.4 is 0 Å². The third-order valence-corrected chi connectivity index (χ3v) is 3.26. The highest BCUT2D eigenvalue weighted by Gasteiger charge is 2.30. The van der Waals surface area contributed by atoms with Crippen LogP contribution in [0.3, 0.4) is 0 Å². The van der Waals surface area contributed by atoms with E-state index in [2.05, 4.69) is 11.7 Å². The first-order chi connectivity index (χ1) is 10.1. The van der Waals surface area contributed by atoms with Gasteiger partial charge >= 0.3 is 17.9 Å². The molecule has 1 radical (unpaired) electrons. The summed E-state index contributed by atoms with van der Waals surface area (Å²) >= 11 is 0. The van der Waals surface area contributed by atoms with Gasteiger partial charge in [0.1, 0.15) is 0 Å². The molecule has 1 aromatic rings. The first-order valence-electron chi connectivity index (χ1n) is 7.00. The number of ether oxygens (including phenoxy) is 2. The van der Waals surface area contributed by atoms with Crippen LogP contribution >= 0.6 is 0 Å². The van der Waals surface area contributed by atoms with Crippen LogP contribution in [0.15, 0.2) is 18.2 Å². The predicted molar refractivity (Wildman–Crippen MR) is 74.9 cm³/mol. The van der Waals surface area contributed by atoms with Gasteiger partial charge in [-0.2, -0.15) is 0 Å². The Balaban J connectivity index is 1.88. The molecule has 0 unspecified atom stereocenters. The maximum absolute atomic E-state index is 11.9. The molecule has 0 spiro atoms. The summed E-state index contributed by atoms with van der Waals surface area (Å²) < 4.78 is 9.61. The molecule has 0 aromatic heterocycles. The molecular formula is C16H17O5. The number of fused-ring (bicyclic) bond motifs is 1. The van der Waals surface area contributed by atoms with Gasteiger partial charge in [-0.15, -0.1) is 0 Å². The van der Waals surface area contributed by atoms with E-state index in [4.69, 9.17) is 4.74 Å². The summed E-state index contributed by atoms with van der Waals surface area (Å²) in [5.41, 5.74) is 0.549. The third kappa shape index (κ3) is 3.68. The zero-order chi connectivity index (χ0) is 15.2. The maximum atomic E-state index is 11.9. The number of carbonyl (C=O) groups is 3. The predicted octanol–water partition coefficient (Wildman–Crippen LogP) is 2.94. The van der Waals surface area contributed by atoms with Gasteiger partial charge in [0.05, 0.1) is 23.3 Å². The molecule has 0 amide bonds. The summed E-state index contributed by atoms with van der Waals surface area (Å²) in [6, 6.07) is 4.21. The topological polar surface area (TPSA) is 69.7 Å². The summed E-state index contributed by atoms with van der Waals surface area (Å²) in [5, 5.41) is 0. The molecule has 0 bridgehead atoms. The molecule has 5 heteroatoms. The van der Waals surface area contributed by atoms with Crippen molar-refractivity contribution in [2.75, 3.05) is 6.61 Å². The Morgan fingerprint density at radius 3 is 2.52 bits per heavy atom. The van der Waals surface area contributed by atoms with Crippen LogP contribution in [0.4, 0.5) is 0 Å². The van der Waals surface area contributed by atoms with Gasteiger partial charge in [-0.05, 0) is 24.6 Å². The molecule has 0 saturated carbocycles. The molecule has 1 aromatic carbocycles. The second-order valence-electron chi connectivity index (χ2n) is 4.84. The van der Waals surface area contributed by atoms with Gasteiger partial charge in [0.2, 0.25) is 0 Å². The second kappa shape index (κ2) is 7.02. The summed E-state index contributed by atoms with van der Waals surface area (Å²) in [5.74, 6) is -1.90. The maximum Gasteiger partial charge on any atom is 0.346 e. The number of hydrogen-bond acceptors (Lipinski definition) is 5. The number of benzene rings is 1. The summed E-state index contributed by atoms with van der Waals surface area (Å²) in [6.07, 6.45) is 4.87. The fourth-order valence-electron chi connectivity index (χ4n) is 2.09. The minimum absolute atomic E-state index is 0.116. The van der Waals surface area contributed by atoms with Crippen LogP contribution in [0.25, 0.3) is 0 Å². The van der Waals surface area contributed by atoms with Crippen molar-refractivity contribution in [2.24, 2.45) is 0 Å². The number of unbranched alkanes of at least 4 members (excludes halogenated alkanes) is 4. The normalized spacial score (nSPS) is 13.0. The highest BCUT2D eigenvalue weighted by atomic mass is 16.6. The molecule has 2 rings (SSSR count). The Labute approximate surface area is 123 Å². The van der Waals surface area contributed by atoms with E-state index < -0.39 is 17.9 Å². The lowest BCUT2D eigenvalue weighted by Gasteiger charge is -2.05. The molecule has 111 valence electrons. The lowest BCUT2D eigenvalue weighted by molar-refractivity contribution is 0.0442. The Hall–Kier alpha value is -2.17. The average Bonchev–Trinajstić information content (AvgIpc) is 2.77. The van der Waals surface area contributed by atoms with Crippen LogP contribution in [0, 0.1) is 6.92 Å². The molecular weight excluding hydrogens is 272 g/mol. The van der Waals surface area contributed by atoms with Crippen molar-refractivity contribution in [1.82, 2.24) is 0 Å². The van der Waals surface area contributed by atoms with E-state index in [0.717, 1.165) is 32.1 Å². The van der Waals surface area contributed by atoms with E-state index in [1.807, 2.05) is 0 Å². The third-order valence-electron chi connectivity index (χ3n) is 3.26. The lowest BCUT2D eigenvalue weighted by Crippen LogP contribution is -2.08. The van der Waals surface area contributed by atoms with Gasteiger partial charge in [0, 0.05) is 0 Å². The first-order valence-corrected chi connectivity index (χ1v) is 7.00. The van der Waals surface area contributed by atoms with Crippen LogP contribution in [0.1, 0.15) is 63.2 Å². The van der Waals surface area contributed by atoms with E-state index in [0.29, 0.717) is 6.61 Å². The van der Waals surface area contributed by atoms with Crippen LogP contribution in [-0.4, -0.2) is 24.5 Å². The van der Waals surface area contributed by atoms with Crippen molar-refractivity contribution in [3.05, 3.63) is 41.8 Å². The Morgan fingerprint density at radius 2 is 1.76 bits per heavy atom. The van der Waals surface area contributed by atoms with E-state index in [1.54, 1.807) is 0 Å². The van der Waals surface area contributed by atoms with E-state index >= 15 is 0 Å². The SMILES string of the molecule is [CH2]CCCCCCOC(=O)c1ccc2c(c1)C(=O)OC2=O. The van der Waals surface area contributed by atoms with Crippen LogP contribution in [-0.2, 0) is 9.47 Å². The van der Waals surface area contributed by atoms with Crippen molar-refractivity contribution in [3.63, 3.8) is 0 Å². The molecule has 5 nitrogen and oxygen atoms in total. The monoisotopic (exact) mass is 289 g/mol. The van der Waals surface area contributed by atoms with Crippen molar-refractivity contribution in [3.8, 4) is 0 Å². The minimum Gasteiger partial charge on any atom is -0.462 e. The smallest absolute Gasteiger partial charge is 0.346 e. The van der Waals surface area contributed by atoms with Crippen molar-refractivity contribution >= 4 is 17.9 Å². The highest BCUT2D eigenvalue weighted by molar-refractivity contribution is 6.15. The van der Waals surface area contributed by atoms with Gasteiger partial charge in [0.15, 0.2) is 0 Å². The Morgan fingerprint density at radius 1 is 1.05 bits per heavy atom. The molecule has 0 aliphatic carbocycles. The summed E-state index contributed by atoms with van der Waals surface area (Å²) in [7, 11) is 0. The number of cyclic esters (lactones) is 2. The van der Waals surface area contributed by atoms with Gasteiger partial charge < -0.3 is 9.47 Å². The second-order valence-corrected chi connectivity index (χ2v) is 4.84. The van der Waals surface area contributed by atoms with E-state index in [9.17, 15) is 14.4 Å². The molecule has 0 atom stereocenters. The molecule has 1 aliphatic heterocycles. The zero-order valence-electron chi connectivity index (χ0n) is 11.7. The van der Waals surface area contributed by atoms with Crippen LogP contribution in [0.2, 0.25) is 0 Å². The van der Waals surface area contributed by atoms with Gasteiger partial charge in [0.25, 0.3) is 0 Å². The molecule has 1 aliphatic rings. The Kier molecular flexibility index (Phi) is 5.09. The van der Waals surface area contributed by atoms with Crippen LogP contribution in [0.5, 0.6) is 0 Å². The van der Waals surface area contributed by atoms with Gasteiger partial charge in [-0.3, -0.25) is 0 Å². The standard InChI is InChI=1S/C16H17O5/c1-2-3-4-5-6-9-20-14(17)11-7-8-12-13(10-11)16(19)21-15(12)18/h7-8,10H,1-6,9H2. The van der Waals surface area contributed by atoms with E-state index in [1.165, 1.54) is 18.2 Å². The fraction of sp³-hybridized carbons (Fsp3) is 0.375. The first kappa shape index (κ1) is 15.2. The number of rotatable bonds is 7. The highest BCUT2D eigenvalue weighted by Crippen LogP contribution is 2.21.